The zero-order valence-electron chi connectivity index (χ0n) is 13.0. The smallest absolute Gasteiger partial charge is 0.259 e. The minimum absolute atomic E-state index is 0.305. The van der Waals surface area contributed by atoms with Gasteiger partial charge in [-0.3, -0.25) is 4.79 Å². The van der Waals surface area contributed by atoms with Gasteiger partial charge in [0.1, 0.15) is 5.82 Å². The highest BCUT2D eigenvalue weighted by molar-refractivity contribution is 9.10. The van der Waals surface area contributed by atoms with E-state index in [1.807, 2.05) is 31.2 Å². The molecule has 0 saturated carbocycles. The number of halogens is 2. The highest BCUT2D eigenvalue weighted by atomic mass is 79.9. The lowest BCUT2D eigenvalue weighted by molar-refractivity contribution is 0.102. The molecule has 1 aromatic heterocycles. The molecule has 0 atom stereocenters. The third-order valence-electron chi connectivity index (χ3n) is 3.60. The number of hydrogen-bond acceptors (Lipinski definition) is 2. The molecule has 0 aliphatic heterocycles. The zero-order valence-corrected chi connectivity index (χ0v) is 14.5. The Labute approximate surface area is 147 Å². The molecule has 6 heteroatoms. The molecule has 0 bridgehead atoms. The molecule has 0 fully saturated rings. The molecule has 24 heavy (non-hydrogen) atoms. The number of benzene rings is 2. The monoisotopic (exact) mass is 387 g/mol. The highest BCUT2D eigenvalue weighted by Crippen LogP contribution is 2.19. The molecule has 0 unspecified atom stereocenters. The van der Waals surface area contributed by atoms with Gasteiger partial charge in [-0.2, -0.15) is 5.10 Å². The van der Waals surface area contributed by atoms with Gasteiger partial charge in [0.15, 0.2) is 0 Å². The number of rotatable bonds is 4. The van der Waals surface area contributed by atoms with E-state index in [-0.39, 0.29) is 5.91 Å². The number of hydrogen-bond donors (Lipinski definition) is 1. The molecule has 0 spiro atoms. The van der Waals surface area contributed by atoms with Crippen LogP contribution in [-0.4, -0.2) is 15.7 Å². The maximum absolute atomic E-state index is 13.3. The Balaban J connectivity index is 1.91. The zero-order chi connectivity index (χ0) is 17.1. The fourth-order valence-electron chi connectivity index (χ4n) is 2.47. The lowest BCUT2D eigenvalue weighted by Gasteiger charge is -2.09. The van der Waals surface area contributed by atoms with E-state index in [1.54, 1.807) is 16.8 Å². The number of amides is 1. The second-order valence-corrected chi connectivity index (χ2v) is 6.13. The van der Waals surface area contributed by atoms with Crippen molar-refractivity contribution in [3.63, 3.8) is 0 Å². The molecule has 1 amide bonds. The summed E-state index contributed by atoms with van der Waals surface area (Å²) in [4.78, 5) is 12.5. The first-order valence-electron chi connectivity index (χ1n) is 7.48. The van der Waals surface area contributed by atoms with E-state index in [4.69, 9.17) is 0 Å². The summed E-state index contributed by atoms with van der Waals surface area (Å²) >= 11 is 3.40. The minimum Gasteiger partial charge on any atom is -0.322 e. The third kappa shape index (κ3) is 3.38. The normalized spacial score (nSPS) is 10.6. The summed E-state index contributed by atoms with van der Waals surface area (Å²) in [6.45, 7) is 1.96. The molecule has 0 saturated heterocycles. The van der Waals surface area contributed by atoms with Crippen molar-refractivity contribution < 1.29 is 9.18 Å². The predicted octanol–water partition coefficient (Wildman–Crippen LogP) is 4.59. The van der Waals surface area contributed by atoms with Crippen LogP contribution in [0.2, 0.25) is 0 Å². The maximum Gasteiger partial charge on any atom is 0.259 e. The maximum atomic E-state index is 13.3. The van der Waals surface area contributed by atoms with Crippen LogP contribution in [0.1, 0.15) is 23.0 Å². The fraction of sp³-hybridized carbons (Fsp3) is 0.111. The number of nitrogens with one attached hydrogen (secondary N) is 1. The molecule has 4 nitrogen and oxygen atoms in total. The van der Waals surface area contributed by atoms with Crippen molar-refractivity contribution in [3.8, 4) is 5.69 Å². The average molecular weight is 388 g/mol. The topological polar surface area (TPSA) is 46.9 Å². The van der Waals surface area contributed by atoms with E-state index in [0.717, 1.165) is 15.9 Å². The van der Waals surface area contributed by atoms with Crippen molar-refractivity contribution in [2.24, 2.45) is 0 Å². The quantitative estimate of drug-likeness (QED) is 0.711. The SMILES string of the molecule is CCc1c(C(=O)Nc2cccc(F)c2)cnn1-c1ccc(Br)cc1. The first-order valence-corrected chi connectivity index (χ1v) is 8.27. The van der Waals surface area contributed by atoms with Crippen molar-refractivity contribution in [2.45, 2.75) is 13.3 Å². The van der Waals surface area contributed by atoms with Gasteiger partial charge in [-0.15, -0.1) is 0 Å². The third-order valence-corrected chi connectivity index (χ3v) is 4.13. The van der Waals surface area contributed by atoms with E-state index in [2.05, 4.69) is 26.3 Å². The first-order chi connectivity index (χ1) is 11.6. The van der Waals surface area contributed by atoms with Gasteiger partial charge < -0.3 is 5.32 Å². The number of anilines is 1. The summed E-state index contributed by atoms with van der Waals surface area (Å²) in [6, 6.07) is 13.5. The number of aromatic nitrogens is 2. The standard InChI is InChI=1S/C18H15BrFN3O/c1-2-17-16(18(24)22-14-5-3-4-13(20)10-14)11-21-23(17)15-8-6-12(19)7-9-15/h3-11H,2H2,1H3,(H,22,24). The van der Waals surface area contributed by atoms with Crippen molar-refractivity contribution in [3.05, 3.63) is 76.3 Å². The molecule has 3 aromatic rings. The van der Waals surface area contributed by atoms with Crippen molar-refractivity contribution in [2.75, 3.05) is 5.32 Å². The van der Waals surface area contributed by atoms with Gasteiger partial charge in [-0.25, -0.2) is 9.07 Å². The second kappa shape index (κ2) is 6.97. The van der Waals surface area contributed by atoms with Crippen molar-refractivity contribution in [1.82, 2.24) is 9.78 Å². The number of carbonyl (C=O) groups excluding carboxylic acids is 1. The fourth-order valence-corrected chi connectivity index (χ4v) is 2.74. The van der Waals surface area contributed by atoms with Crippen LogP contribution in [0.3, 0.4) is 0 Å². The lowest BCUT2D eigenvalue weighted by Crippen LogP contribution is -2.14. The molecule has 2 aromatic carbocycles. The van der Waals surface area contributed by atoms with E-state index < -0.39 is 5.82 Å². The number of nitrogens with zero attached hydrogens (tertiary/aromatic N) is 2. The molecule has 1 N–H and O–H groups in total. The van der Waals surface area contributed by atoms with Gasteiger partial charge in [0.25, 0.3) is 5.91 Å². The van der Waals surface area contributed by atoms with Crippen LogP contribution in [0.25, 0.3) is 5.69 Å². The Morgan fingerprint density at radius 1 is 1.25 bits per heavy atom. The Hall–Kier alpha value is -2.47. The molecular weight excluding hydrogens is 373 g/mol. The lowest BCUT2D eigenvalue weighted by atomic mass is 10.2. The minimum atomic E-state index is -0.394. The summed E-state index contributed by atoms with van der Waals surface area (Å²) in [5.74, 6) is -0.699. The molecule has 122 valence electrons. The molecule has 1 heterocycles. The first kappa shape index (κ1) is 16.4. The van der Waals surface area contributed by atoms with Crippen LogP contribution in [0.4, 0.5) is 10.1 Å². The summed E-state index contributed by atoms with van der Waals surface area (Å²) in [6.07, 6.45) is 2.18. The summed E-state index contributed by atoms with van der Waals surface area (Å²) in [7, 11) is 0. The van der Waals surface area contributed by atoms with Gasteiger partial charge in [-0.1, -0.05) is 28.9 Å². The number of carbonyl (C=O) groups is 1. The van der Waals surface area contributed by atoms with Gasteiger partial charge in [0.2, 0.25) is 0 Å². The van der Waals surface area contributed by atoms with Gasteiger partial charge in [0.05, 0.1) is 23.1 Å². The van der Waals surface area contributed by atoms with Crippen LogP contribution >= 0.6 is 15.9 Å². The van der Waals surface area contributed by atoms with Crippen LogP contribution in [0, 0.1) is 5.82 Å². The average Bonchev–Trinajstić information content (AvgIpc) is 2.99. The Kier molecular flexibility index (Phi) is 4.76. The van der Waals surface area contributed by atoms with Crippen molar-refractivity contribution >= 4 is 27.5 Å². The van der Waals surface area contributed by atoms with Crippen LogP contribution in [-0.2, 0) is 6.42 Å². The summed E-state index contributed by atoms with van der Waals surface area (Å²) in [5, 5.41) is 7.04. The van der Waals surface area contributed by atoms with Gasteiger partial charge in [0, 0.05) is 10.2 Å². The molecule has 3 rings (SSSR count). The van der Waals surface area contributed by atoms with Crippen LogP contribution in [0.15, 0.2) is 59.2 Å². The Morgan fingerprint density at radius 2 is 2.00 bits per heavy atom. The molecule has 0 aliphatic carbocycles. The Bertz CT molecular complexity index is 874. The van der Waals surface area contributed by atoms with Crippen molar-refractivity contribution in [1.29, 1.82) is 0 Å². The Morgan fingerprint density at radius 3 is 2.67 bits per heavy atom. The van der Waals surface area contributed by atoms with Crippen LogP contribution in [0.5, 0.6) is 0 Å². The molecular formula is C18H15BrFN3O. The molecule has 0 aliphatic rings. The van der Waals surface area contributed by atoms with E-state index in [0.29, 0.717) is 17.7 Å². The van der Waals surface area contributed by atoms with E-state index >= 15 is 0 Å². The largest absolute Gasteiger partial charge is 0.322 e. The molecule has 0 radical (unpaired) electrons. The van der Waals surface area contributed by atoms with E-state index in [1.165, 1.54) is 18.3 Å². The summed E-state index contributed by atoms with van der Waals surface area (Å²) < 4.78 is 16.0. The van der Waals surface area contributed by atoms with Gasteiger partial charge in [-0.05, 0) is 48.9 Å². The van der Waals surface area contributed by atoms with Gasteiger partial charge >= 0.3 is 0 Å². The van der Waals surface area contributed by atoms with Crippen LogP contribution < -0.4 is 5.32 Å². The van der Waals surface area contributed by atoms with E-state index in [9.17, 15) is 9.18 Å². The summed E-state index contributed by atoms with van der Waals surface area (Å²) in [5.41, 5.74) is 2.56. The second-order valence-electron chi connectivity index (χ2n) is 5.21. The predicted molar refractivity (Wildman–Crippen MR) is 95.0 cm³/mol. The highest BCUT2D eigenvalue weighted by Gasteiger charge is 2.17.